The third-order valence-electron chi connectivity index (χ3n) is 2.96. The first-order chi connectivity index (χ1) is 7.93. The average molecular weight is 217 g/mol. The van der Waals surface area contributed by atoms with E-state index in [4.69, 9.17) is 0 Å². The van der Waals surface area contributed by atoms with E-state index in [0.29, 0.717) is 0 Å². The highest BCUT2D eigenvalue weighted by molar-refractivity contribution is 5.73. The number of aromatic nitrogens is 3. The Kier molecular flexibility index (Phi) is 2.55. The van der Waals surface area contributed by atoms with Crippen LogP contribution in [0.15, 0.2) is 24.3 Å². The smallest absolute Gasteiger partial charge is 0.113 e. The molecule has 0 unspecified atom stereocenters. The van der Waals surface area contributed by atoms with Crippen molar-refractivity contribution < 1.29 is 0 Å². The van der Waals surface area contributed by atoms with Crippen LogP contribution in [0.3, 0.4) is 0 Å². The number of hydrogen-bond donors (Lipinski definition) is 1. The molecule has 0 bridgehead atoms. The van der Waals surface area contributed by atoms with Gasteiger partial charge in [0.2, 0.25) is 0 Å². The molecular weight excluding hydrogens is 202 g/mol. The molecule has 0 saturated carbocycles. The molecule has 5 heteroatoms. The van der Waals surface area contributed by atoms with Crippen molar-refractivity contribution in [3.8, 4) is 0 Å². The second kappa shape index (κ2) is 4.19. The predicted octanol–water partition coefficient (Wildman–Crippen LogP) is 0.294. The Labute approximate surface area is 94.0 Å². The number of rotatable bonds is 2. The Bertz CT molecular complexity index is 472. The first kappa shape index (κ1) is 9.74. The lowest BCUT2D eigenvalue weighted by Gasteiger charge is -2.26. The molecule has 1 aromatic heterocycles. The van der Waals surface area contributed by atoms with Crippen LogP contribution in [-0.2, 0) is 6.67 Å². The molecule has 1 aliphatic heterocycles. The summed E-state index contributed by atoms with van der Waals surface area (Å²) in [5.74, 6) is 0. The molecule has 5 nitrogen and oxygen atoms in total. The maximum absolute atomic E-state index is 4.19. The molecule has 84 valence electrons. The van der Waals surface area contributed by atoms with E-state index in [-0.39, 0.29) is 0 Å². The standard InChI is InChI=1S/C11H15N5/c1-2-4-11-10(3-1)13-14-16(11)9-15-7-5-12-6-8-15/h1-4,12H,5-9H2. The second-order valence-corrected chi connectivity index (χ2v) is 4.09. The molecule has 0 atom stereocenters. The first-order valence-corrected chi connectivity index (χ1v) is 5.65. The van der Waals surface area contributed by atoms with E-state index in [1.54, 1.807) is 0 Å². The van der Waals surface area contributed by atoms with Crippen molar-refractivity contribution >= 4 is 11.0 Å². The van der Waals surface area contributed by atoms with Gasteiger partial charge in [-0.05, 0) is 12.1 Å². The van der Waals surface area contributed by atoms with Gasteiger partial charge >= 0.3 is 0 Å². The quantitative estimate of drug-likeness (QED) is 0.785. The van der Waals surface area contributed by atoms with Crippen LogP contribution in [0.1, 0.15) is 0 Å². The lowest BCUT2D eigenvalue weighted by Crippen LogP contribution is -2.44. The monoisotopic (exact) mass is 217 g/mol. The minimum atomic E-state index is 0.836. The molecule has 1 saturated heterocycles. The van der Waals surface area contributed by atoms with Crippen molar-refractivity contribution in [2.75, 3.05) is 26.2 Å². The van der Waals surface area contributed by atoms with Gasteiger partial charge in [0.1, 0.15) is 5.52 Å². The van der Waals surface area contributed by atoms with Crippen molar-refractivity contribution in [2.45, 2.75) is 6.67 Å². The third kappa shape index (κ3) is 1.79. The summed E-state index contributed by atoms with van der Waals surface area (Å²) in [7, 11) is 0. The highest BCUT2D eigenvalue weighted by Gasteiger charge is 2.11. The Balaban J connectivity index is 1.83. The van der Waals surface area contributed by atoms with Crippen LogP contribution < -0.4 is 5.32 Å². The Morgan fingerprint density at radius 3 is 2.88 bits per heavy atom. The highest BCUT2D eigenvalue weighted by atomic mass is 15.5. The van der Waals surface area contributed by atoms with E-state index < -0.39 is 0 Å². The number of piperazine rings is 1. The normalized spacial score (nSPS) is 18.0. The molecule has 2 aromatic rings. The number of fused-ring (bicyclic) bond motifs is 1. The van der Waals surface area contributed by atoms with Crippen molar-refractivity contribution in [1.29, 1.82) is 0 Å². The number of para-hydroxylation sites is 1. The highest BCUT2D eigenvalue weighted by Crippen LogP contribution is 2.10. The Hall–Kier alpha value is -1.46. The fourth-order valence-corrected chi connectivity index (χ4v) is 2.06. The zero-order chi connectivity index (χ0) is 10.8. The van der Waals surface area contributed by atoms with Crippen LogP contribution >= 0.6 is 0 Å². The topological polar surface area (TPSA) is 46.0 Å². The maximum Gasteiger partial charge on any atom is 0.113 e. The summed E-state index contributed by atoms with van der Waals surface area (Å²) in [6.45, 7) is 5.11. The zero-order valence-electron chi connectivity index (χ0n) is 9.13. The van der Waals surface area contributed by atoms with E-state index in [9.17, 15) is 0 Å². The van der Waals surface area contributed by atoms with Gasteiger partial charge in [-0.3, -0.25) is 4.90 Å². The summed E-state index contributed by atoms with van der Waals surface area (Å²) < 4.78 is 1.97. The molecule has 0 amide bonds. The van der Waals surface area contributed by atoms with Crippen molar-refractivity contribution in [1.82, 2.24) is 25.2 Å². The van der Waals surface area contributed by atoms with Gasteiger partial charge in [-0.2, -0.15) is 0 Å². The van der Waals surface area contributed by atoms with Gasteiger partial charge in [-0.15, -0.1) is 5.10 Å². The molecule has 1 aromatic carbocycles. The van der Waals surface area contributed by atoms with Crippen LogP contribution in [0.5, 0.6) is 0 Å². The summed E-state index contributed by atoms with van der Waals surface area (Å²) in [4.78, 5) is 2.39. The van der Waals surface area contributed by atoms with E-state index in [1.165, 1.54) is 0 Å². The molecule has 1 N–H and O–H groups in total. The van der Waals surface area contributed by atoms with Gasteiger partial charge in [-0.1, -0.05) is 17.3 Å². The Morgan fingerprint density at radius 2 is 2.00 bits per heavy atom. The van der Waals surface area contributed by atoms with Gasteiger partial charge in [0.15, 0.2) is 0 Å². The van der Waals surface area contributed by atoms with Gasteiger partial charge in [0, 0.05) is 26.2 Å². The lowest BCUT2D eigenvalue weighted by molar-refractivity contribution is 0.185. The number of benzene rings is 1. The van der Waals surface area contributed by atoms with Crippen LogP contribution in [-0.4, -0.2) is 46.1 Å². The molecule has 0 radical (unpaired) electrons. The lowest BCUT2D eigenvalue weighted by atomic mass is 10.3. The van der Waals surface area contributed by atoms with Crippen LogP contribution in [0.2, 0.25) is 0 Å². The zero-order valence-corrected chi connectivity index (χ0v) is 9.13. The van der Waals surface area contributed by atoms with Gasteiger partial charge in [-0.25, -0.2) is 4.68 Å². The molecule has 0 spiro atoms. The molecule has 3 rings (SSSR count). The van der Waals surface area contributed by atoms with Gasteiger partial charge < -0.3 is 5.32 Å². The van der Waals surface area contributed by atoms with E-state index in [0.717, 1.165) is 43.9 Å². The van der Waals surface area contributed by atoms with Gasteiger partial charge in [0.05, 0.1) is 12.2 Å². The molecule has 2 heterocycles. The summed E-state index contributed by atoms with van der Waals surface area (Å²) in [6.07, 6.45) is 0. The van der Waals surface area contributed by atoms with Crippen molar-refractivity contribution in [3.05, 3.63) is 24.3 Å². The van der Waals surface area contributed by atoms with E-state index >= 15 is 0 Å². The van der Waals surface area contributed by atoms with Crippen LogP contribution in [0, 0.1) is 0 Å². The average Bonchev–Trinajstić information content (AvgIpc) is 2.74. The van der Waals surface area contributed by atoms with Crippen LogP contribution in [0.4, 0.5) is 0 Å². The summed E-state index contributed by atoms with van der Waals surface area (Å²) in [6, 6.07) is 8.08. The number of nitrogens with zero attached hydrogens (tertiary/aromatic N) is 4. The summed E-state index contributed by atoms with van der Waals surface area (Å²) in [5, 5.41) is 11.7. The maximum atomic E-state index is 4.19. The number of nitrogens with one attached hydrogen (secondary N) is 1. The SMILES string of the molecule is c1ccc2c(c1)nnn2CN1CCNCC1. The molecule has 1 fully saturated rings. The molecule has 16 heavy (non-hydrogen) atoms. The largest absolute Gasteiger partial charge is 0.314 e. The van der Waals surface area contributed by atoms with Gasteiger partial charge in [0.25, 0.3) is 0 Å². The number of hydrogen-bond acceptors (Lipinski definition) is 4. The Morgan fingerprint density at radius 1 is 1.19 bits per heavy atom. The molecular formula is C11H15N5. The fraction of sp³-hybridized carbons (Fsp3) is 0.455. The van der Waals surface area contributed by atoms with Crippen molar-refractivity contribution in [3.63, 3.8) is 0 Å². The van der Waals surface area contributed by atoms with Crippen LogP contribution in [0.25, 0.3) is 11.0 Å². The predicted molar refractivity (Wildman–Crippen MR) is 62.0 cm³/mol. The minimum Gasteiger partial charge on any atom is -0.314 e. The fourth-order valence-electron chi connectivity index (χ4n) is 2.06. The van der Waals surface area contributed by atoms with Crippen molar-refractivity contribution in [2.24, 2.45) is 0 Å². The molecule has 1 aliphatic rings. The first-order valence-electron chi connectivity index (χ1n) is 5.65. The second-order valence-electron chi connectivity index (χ2n) is 4.09. The van der Waals surface area contributed by atoms with E-state index in [1.807, 2.05) is 22.9 Å². The third-order valence-corrected chi connectivity index (χ3v) is 2.96. The summed E-state index contributed by atoms with van der Waals surface area (Å²) in [5.41, 5.74) is 2.08. The summed E-state index contributed by atoms with van der Waals surface area (Å²) >= 11 is 0. The molecule has 0 aliphatic carbocycles. The minimum absolute atomic E-state index is 0.836. The van der Waals surface area contributed by atoms with E-state index in [2.05, 4.69) is 26.6 Å².